The molecule has 1 fully saturated rings. The number of hydrogen-bond acceptors (Lipinski definition) is 4. The Kier molecular flexibility index (Phi) is 7.25. The molecule has 0 unspecified atom stereocenters. The Bertz CT molecular complexity index is 810. The van der Waals surface area contributed by atoms with Gasteiger partial charge in [0.25, 0.3) is 0 Å². The van der Waals surface area contributed by atoms with E-state index in [1.807, 2.05) is 18.2 Å². The fourth-order valence-electron chi connectivity index (χ4n) is 3.36. The third kappa shape index (κ3) is 5.67. The van der Waals surface area contributed by atoms with E-state index < -0.39 is 5.82 Å². The molecule has 2 aromatic carbocycles. The minimum absolute atomic E-state index is 0.0807. The molecule has 1 aliphatic rings. The molecule has 1 heterocycles. The standard InChI is InChI=1S/C21H25ClFN3O2/c22-18-11-17(23)5-6-20(18)25-21(28)12-24-19-4-2-1-3-16(19)13-26-9-7-15(14-27)8-10-26/h1-6,11,15,24,27H,7-10,12-14H2,(H,25,28). The van der Waals surface area contributed by atoms with Gasteiger partial charge in [0.05, 0.1) is 17.3 Å². The summed E-state index contributed by atoms with van der Waals surface area (Å²) in [6.45, 7) is 3.06. The minimum Gasteiger partial charge on any atom is -0.396 e. The summed E-state index contributed by atoms with van der Waals surface area (Å²) < 4.78 is 13.1. The number of nitrogens with zero attached hydrogens (tertiary/aromatic N) is 1. The number of anilines is 2. The Hall–Kier alpha value is -2.15. The Morgan fingerprint density at radius 2 is 1.93 bits per heavy atom. The molecule has 7 heteroatoms. The van der Waals surface area contributed by atoms with E-state index in [9.17, 15) is 14.3 Å². The van der Waals surface area contributed by atoms with E-state index in [2.05, 4.69) is 21.6 Å². The van der Waals surface area contributed by atoms with Crippen LogP contribution in [0.4, 0.5) is 15.8 Å². The number of rotatable bonds is 7. The molecular weight excluding hydrogens is 381 g/mol. The molecule has 2 aromatic rings. The van der Waals surface area contributed by atoms with Crippen LogP contribution in [0.2, 0.25) is 5.02 Å². The highest BCUT2D eigenvalue weighted by molar-refractivity contribution is 6.33. The van der Waals surface area contributed by atoms with Crippen LogP contribution in [0.25, 0.3) is 0 Å². The van der Waals surface area contributed by atoms with Gasteiger partial charge in [-0.15, -0.1) is 0 Å². The van der Waals surface area contributed by atoms with Crippen molar-refractivity contribution in [3.63, 3.8) is 0 Å². The number of amides is 1. The predicted octanol–water partition coefficient (Wildman–Crippen LogP) is 3.73. The number of hydrogen-bond donors (Lipinski definition) is 3. The monoisotopic (exact) mass is 405 g/mol. The molecular formula is C21H25ClFN3O2. The summed E-state index contributed by atoms with van der Waals surface area (Å²) in [5.41, 5.74) is 2.42. The first-order valence-electron chi connectivity index (χ1n) is 9.45. The first kappa shape index (κ1) is 20.6. The number of nitrogens with one attached hydrogen (secondary N) is 2. The van der Waals surface area contributed by atoms with Crippen LogP contribution < -0.4 is 10.6 Å². The van der Waals surface area contributed by atoms with Gasteiger partial charge in [-0.1, -0.05) is 29.8 Å². The lowest BCUT2D eigenvalue weighted by Gasteiger charge is -2.31. The molecule has 28 heavy (non-hydrogen) atoms. The minimum atomic E-state index is -0.446. The summed E-state index contributed by atoms with van der Waals surface area (Å²) in [5, 5.41) is 15.3. The third-order valence-electron chi connectivity index (χ3n) is 5.02. The Morgan fingerprint density at radius 3 is 2.64 bits per heavy atom. The lowest BCUT2D eigenvalue weighted by molar-refractivity contribution is -0.114. The highest BCUT2D eigenvalue weighted by Gasteiger charge is 2.19. The molecule has 0 atom stereocenters. The summed E-state index contributed by atoms with van der Waals surface area (Å²) in [6.07, 6.45) is 2.01. The van der Waals surface area contributed by atoms with Crippen molar-refractivity contribution in [2.24, 2.45) is 5.92 Å². The van der Waals surface area contributed by atoms with Crippen molar-refractivity contribution in [2.45, 2.75) is 19.4 Å². The van der Waals surface area contributed by atoms with Crippen LogP contribution in [-0.4, -0.2) is 42.2 Å². The molecule has 1 aliphatic heterocycles. The lowest BCUT2D eigenvalue weighted by Crippen LogP contribution is -2.34. The van der Waals surface area contributed by atoms with Gasteiger partial charge in [-0.3, -0.25) is 9.69 Å². The normalized spacial score (nSPS) is 15.4. The molecule has 1 amide bonds. The topological polar surface area (TPSA) is 64.6 Å². The maximum atomic E-state index is 13.1. The maximum absolute atomic E-state index is 13.1. The molecule has 0 aliphatic carbocycles. The van der Waals surface area contributed by atoms with Crippen LogP contribution >= 0.6 is 11.6 Å². The average molecular weight is 406 g/mol. The second kappa shape index (κ2) is 9.87. The Morgan fingerprint density at radius 1 is 1.18 bits per heavy atom. The number of aliphatic hydroxyl groups is 1. The van der Waals surface area contributed by atoms with E-state index in [1.54, 1.807) is 0 Å². The average Bonchev–Trinajstić information content (AvgIpc) is 2.70. The number of halogens is 2. The molecule has 3 rings (SSSR count). The van der Waals surface area contributed by atoms with Crippen LogP contribution in [-0.2, 0) is 11.3 Å². The van der Waals surface area contributed by atoms with Crippen LogP contribution in [0, 0.1) is 11.7 Å². The van der Waals surface area contributed by atoms with Gasteiger partial charge in [0.2, 0.25) is 5.91 Å². The van der Waals surface area contributed by atoms with Crippen LogP contribution in [0.1, 0.15) is 18.4 Å². The molecule has 0 bridgehead atoms. The second-order valence-electron chi connectivity index (χ2n) is 7.09. The molecule has 150 valence electrons. The van der Waals surface area contributed by atoms with E-state index in [4.69, 9.17) is 11.6 Å². The van der Waals surface area contributed by atoms with Gasteiger partial charge < -0.3 is 15.7 Å². The maximum Gasteiger partial charge on any atom is 0.243 e. The van der Waals surface area contributed by atoms with Gasteiger partial charge in [0.1, 0.15) is 5.82 Å². The van der Waals surface area contributed by atoms with E-state index >= 15 is 0 Å². The van der Waals surface area contributed by atoms with Crippen molar-refractivity contribution in [2.75, 3.05) is 36.9 Å². The number of likely N-dealkylation sites (tertiary alicyclic amines) is 1. The van der Waals surface area contributed by atoms with E-state index in [0.717, 1.165) is 43.7 Å². The van der Waals surface area contributed by atoms with E-state index in [0.29, 0.717) is 11.6 Å². The van der Waals surface area contributed by atoms with Gasteiger partial charge >= 0.3 is 0 Å². The Labute approximate surface area is 169 Å². The highest BCUT2D eigenvalue weighted by atomic mass is 35.5. The summed E-state index contributed by atoms with van der Waals surface area (Å²) in [6, 6.07) is 11.8. The molecule has 5 nitrogen and oxygen atoms in total. The lowest BCUT2D eigenvalue weighted by atomic mass is 9.97. The van der Waals surface area contributed by atoms with Gasteiger partial charge in [-0.25, -0.2) is 4.39 Å². The van der Waals surface area contributed by atoms with Crippen molar-refractivity contribution < 1.29 is 14.3 Å². The SMILES string of the molecule is O=C(CNc1ccccc1CN1CCC(CO)CC1)Nc1ccc(F)cc1Cl. The van der Waals surface area contributed by atoms with Crippen molar-refractivity contribution in [3.8, 4) is 0 Å². The first-order chi connectivity index (χ1) is 13.5. The number of carbonyl (C=O) groups excluding carboxylic acids is 1. The number of aliphatic hydroxyl groups excluding tert-OH is 1. The van der Waals surface area contributed by atoms with Gasteiger partial charge in [0.15, 0.2) is 0 Å². The number of carbonyl (C=O) groups is 1. The van der Waals surface area contributed by atoms with Crippen molar-refractivity contribution >= 4 is 28.9 Å². The second-order valence-corrected chi connectivity index (χ2v) is 7.49. The van der Waals surface area contributed by atoms with Crippen LogP contribution in [0.15, 0.2) is 42.5 Å². The van der Waals surface area contributed by atoms with Gasteiger partial charge in [0, 0.05) is 18.8 Å². The zero-order valence-electron chi connectivity index (χ0n) is 15.6. The quantitative estimate of drug-likeness (QED) is 0.656. The summed E-state index contributed by atoms with van der Waals surface area (Å²) in [7, 11) is 0. The molecule has 0 aromatic heterocycles. The van der Waals surface area contributed by atoms with E-state index in [1.165, 1.54) is 18.2 Å². The smallest absolute Gasteiger partial charge is 0.243 e. The fraction of sp³-hybridized carbons (Fsp3) is 0.381. The predicted molar refractivity (Wildman–Crippen MR) is 110 cm³/mol. The Balaban J connectivity index is 1.55. The molecule has 0 saturated carbocycles. The summed E-state index contributed by atoms with van der Waals surface area (Å²) >= 11 is 5.95. The number of para-hydroxylation sites is 1. The molecule has 3 N–H and O–H groups in total. The third-order valence-corrected chi connectivity index (χ3v) is 5.33. The van der Waals surface area contributed by atoms with Crippen molar-refractivity contribution in [3.05, 3.63) is 58.9 Å². The number of piperidine rings is 1. The molecule has 1 saturated heterocycles. The molecule has 0 radical (unpaired) electrons. The van der Waals surface area contributed by atoms with Gasteiger partial charge in [-0.2, -0.15) is 0 Å². The zero-order chi connectivity index (χ0) is 19.9. The number of benzene rings is 2. The summed E-state index contributed by atoms with van der Waals surface area (Å²) in [5.74, 6) is -0.295. The van der Waals surface area contributed by atoms with E-state index in [-0.39, 0.29) is 24.1 Å². The van der Waals surface area contributed by atoms with Crippen molar-refractivity contribution in [1.29, 1.82) is 0 Å². The largest absolute Gasteiger partial charge is 0.396 e. The highest BCUT2D eigenvalue weighted by Crippen LogP contribution is 2.23. The fourth-order valence-corrected chi connectivity index (χ4v) is 3.57. The van der Waals surface area contributed by atoms with Crippen LogP contribution in [0.3, 0.4) is 0 Å². The van der Waals surface area contributed by atoms with Crippen LogP contribution in [0.5, 0.6) is 0 Å². The zero-order valence-corrected chi connectivity index (χ0v) is 16.4. The summed E-state index contributed by atoms with van der Waals surface area (Å²) in [4.78, 5) is 14.6. The van der Waals surface area contributed by atoms with Crippen molar-refractivity contribution in [1.82, 2.24) is 4.90 Å². The molecule has 0 spiro atoms. The van der Waals surface area contributed by atoms with Gasteiger partial charge in [-0.05, 0) is 61.7 Å². The first-order valence-corrected chi connectivity index (χ1v) is 9.83.